The molecule has 1 fully saturated rings. The summed E-state index contributed by atoms with van der Waals surface area (Å²) in [5.74, 6) is 2.54. The summed E-state index contributed by atoms with van der Waals surface area (Å²) in [6.07, 6.45) is 2.11. The van der Waals surface area contributed by atoms with Crippen LogP contribution in [0.3, 0.4) is 0 Å². The van der Waals surface area contributed by atoms with Gasteiger partial charge in [0.15, 0.2) is 11.0 Å². The van der Waals surface area contributed by atoms with Crippen molar-refractivity contribution >= 4 is 35.0 Å². The Morgan fingerprint density at radius 1 is 1.16 bits per heavy atom. The maximum Gasteiger partial charge on any atom is 0.234 e. The van der Waals surface area contributed by atoms with Gasteiger partial charge in [0.25, 0.3) is 0 Å². The summed E-state index contributed by atoms with van der Waals surface area (Å²) in [5, 5.41) is 12.7. The van der Waals surface area contributed by atoms with Crippen molar-refractivity contribution in [2.24, 2.45) is 0 Å². The molecule has 1 aromatic heterocycles. The summed E-state index contributed by atoms with van der Waals surface area (Å²) in [7, 11) is 3.13. The van der Waals surface area contributed by atoms with E-state index in [2.05, 4.69) is 20.1 Å². The Hall–Kier alpha value is -2.91. The molecule has 8 nitrogen and oxygen atoms in total. The van der Waals surface area contributed by atoms with Crippen molar-refractivity contribution in [2.75, 3.05) is 25.3 Å². The van der Waals surface area contributed by atoms with Crippen LogP contribution in [0.15, 0.2) is 47.6 Å². The maximum absolute atomic E-state index is 12.5. The number of amides is 1. The highest BCUT2D eigenvalue weighted by atomic mass is 35.5. The molecule has 4 rings (SSSR count). The highest BCUT2D eigenvalue weighted by Gasteiger charge is 2.30. The lowest BCUT2D eigenvalue weighted by Crippen LogP contribution is -2.15. The molecule has 10 heteroatoms. The highest BCUT2D eigenvalue weighted by Crippen LogP contribution is 2.39. The van der Waals surface area contributed by atoms with Gasteiger partial charge >= 0.3 is 0 Å². The summed E-state index contributed by atoms with van der Waals surface area (Å²) >= 11 is 7.51. The number of thioether (sulfide) groups is 1. The van der Waals surface area contributed by atoms with Gasteiger partial charge in [-0.05, 0) is 25.0 Å². The number of nitrogens with zero attached hydrogens (tertiary/aromatic N) is 3. The molecule has 0 radical (unpaired) electrons. The molecule has 0 aliphatic heterocycles. The van der Waals surface area contributed by atoms with E-state index in [0.717, 1.165) is 12.8 Å². The Morgan fingerprint density at radius 3 is 2.53 bits per heavy atom. The van der Waals surface area contributed by atoms with E-state index in [1.54, 1.807) is 38.5 Å². The number of hydrogen-bond donors (Lipinski definition) is 1. The lowest BCUT2D eigenvalue weighted by Gasteiger charge is -2.11. The fourth-order valence-corrected chi connectivity index (χ4v) is 4.13. The average molecular weight is 475 g/mol. The number of carbonyl (C=O) groups is 1. The van der Waals surface area contributed by atoms with Gasteiger partial charge in [0.2, 0.25) is 5.91 Å². The molecular weight excluding hydrogens is 452 g/mol. The molecule has 1 aliphatic carbocycles. The number of benzene rings is 2. The molecule has 1 aliphatic rings. The van der Waals surface area contributed by atoms with Crippen LogP contribution in [-0.4, -0.2) is 40.6 Å². The van der Waals surface area contributed by atoms with Gasteiger partial charge in [-0.1, -0.05) is 35.5 Å². The number of ether oxygens (including phenoxy) is 3. The van der Waals surface area contributed by atoms with Gasteiger partial charge in [0.05, 0.1) is 25.0 Å². The molecule has 2 aromatic carbocycles. The van der Waals surface area contributed by atoms with Gasteiger partial charge in [0, 0.05) is 29.9 Å². The summed E-state index contributed by atoms with van der Waals surface area (Å²) in [4.78, 5) is 12.5. The number of nitrogens with one attached hydrogen (secondary N) is 1. The number of hydrogen-bond acceptors (Lipinski definition) is 7. The monoisotopic (exact) mass is 474 g/mol. The van der Waals surface area contributed by atoms with Crippen molar-refractivity contribution in [3.8, 4) is 17.2 Å². The normalized spacial score (nSPS) is 13.0. The van der Waals surface area contributed by atoms with Crippen molar-refractivity contribution in [3.63, 3.8) is 0 Å². The van der Waals surface area contributed by atoms with Gasteiger partial charge in [-0.25, -0.2) is 0 Å². The first-order valence-corrected chi connectivity index (χ1v) is 11.4. The lowest BCUT2D eigenvalue weighted by molar-refractivity contribution is -0.113. The van der Waals surface area contributed by atoms with E-state index in [0.29, 0.717) is 45.0 Å². The first kappa shape index (κ1) is 22.3. The van der Waals surface area contributed by atoms with Crippen molar-refractivity contribution < 1.29 is 19.0 Å². The van der Waals surface area contributed by atoms with Gasteiger partial charge < -0.3 is 19.5 Å². The molecule has 0 saturated heterocycles. The zero-order chi connectivity index (χ0) is 22.5. The van der Waals surface area contributed by atoms with E-state index < -0.39 is 0 Å². The number of halogens is 1. The molecule has 0 unspecified atom stereocenters. The fourth-order valence-electron chi connectivity index (χ4n) is 3.11. The highest BCUT2D eigenvalue weighted by molar-refractivity contribution is 7.99. The van der Waals surface area contributed by atoms with E-state index in [9.17, 15) is 4.79 Å². The number of carbonyl (C=O) groups excluding carboxylic acids is 1. The molecule has 1 saturated carbocycles. The van der Waals surface area contributed by atoms with Crippen LogP contribution in [0.5, 0.6) is 17.2 Å². The molecule has 0 atom stereocenters. The number of anilines is 1. The SMILES string of the molecule is COc1cc(NC(=O)CSc2nnc(COc3ccccc3Cl)n2C2CC2)cc(OC)c1. The van der Waals surface area contributed by atoms with E-state index in [1.165, 1.54) is 11.8 Å². The van der Waals surface area contributed by atoms with Crippen LogP contribution in [0.4, 0.5) is 5.69 Å². The van der Waals surface area contributed by atoms with Gasteiger partial charge in [-0.2, -0.15) is 0 Å². The Labute approximate surface area is 195 Å². The molecule has 0 bridgehead atoms. The summed E-state index contributed by atoms with van der Waals surface area (Å²) < 4.78 is 18.4. The third-order valence-electron chi connectivity index (χ3n) is 4.81. The average Bonchev–Trinajstić information content (AvgIpc) is 3.56. The molecule has 1 N–H and O–H groups in total. The zero-order valence-electron chi connectivity index (χ0n) is 17.7. The van der Waals surface area contributed by atoms with Crippen molar-refractivity contribution in [2.45, 2.75) is 30.6 Å². The smallest absolute Gasteiger partial charge is 0.234 e. The van der Waals surface area contributed by atoms with E-state index >= 15 is 0 Å². The van der Waals surface area contributed by atoms with Gasteiger partial charge in [0.1, 0.15) is 23.9 Å². The molecule has 1 heterocycles. The third-order valence-corrected chi connectivity index (χ3v) is 6.06. The topological polar surface area (TPSA) is 87.5 Å². The Balaban J connectivity index is 1.39. The molecule has 0 spiro atoms. The first-order valence-electron chi connectivity index (χ1n) is 10.0. The minimum absolute atomic E-state index is 0.162. The molecule has 32 heavy (non-hydrogen) atoms. The number of methoxy groups -OCH3 is 2. The second-order valence-electron chi connectivity index (χ2n) is 7.16. The quantitative estimate of drug-likeness (QED) is 0.430. The summed E-state index contributed by atoms with van der Waals surface area (Å²) in [6.45, 7) is 0.254. The van der Waals surface area contributed by atoms with E-state index in [1.807, 2.05) is 18.2 Å². The summed E-state index contributed by atoms with van der Waals surface area (Å²) in [5.41, 5.74) is 0.601. The standard InChI is InChI=1S/C22H23ClN4O4S/c1-29-16-9-14(10-17(11-16)30-2)24-21(28)13-32-22-26-25-20(27(22)15-7-8-15)12-31-19-6-4-3-5-18(19)23/h3-6,9-11,15H,7-8,12-13H2,1-2H3,(H,24,28). The van der Waals surface area contributed by atoms with Crippen molar-refractivity contribution in [1.29, 1.82) is 0 Å². The molecular formula is C22H23ClN4O4S. The molecule has 168 valence electrons. The largest absolute Gasteiger partial charge is 0.497 e. The first-order chi connectivity index (χ1) is 15.6. The van der Waals surface area contributed by atoms with Crippen LogP contribution >= 0.6 is 23.4 Å². The predicted molar refractivity (Wildman–Crippen MR) is 123 cm³/mol. The van der Waals surface area contributed by atoms with Crippen LogP contribution in [0.25, 0.3) is 0 Å². The maximum atomic E-state index is 12.5. The van der Waals surface area contributed by atoms with Crippen molar-refractivity contribution in [1.82, 2.24) is 14.8 Å². The Morgan fingerprint density at radius 2 is 1.88 bits per heavy atom. The summed E-state index contributed by atoms with van der Waals surface area (Å²) in [6, 6.07) is 12.9. The number of rotatable bonds is 10. The van der Waals surface area contributed by atoms with Crippen LogP contribution in [0, 0.1) is 0 Å². The minimum atomic E-state index is -0.162. The van der Waals surface area contributed by atoms with Crippen LogP contribution in [0.2, 0.25) is 5.02 Å². The van der Waals surface area contributed by atoms with Gasteiger partial charge in [-0.3, -0.25) is 9.36 Å². The number of para-hydroxylation sites is 1. The Bertz CT molecular complexity index is 1080. The molecule has 1 amide bonds. The van der Waals surface area contributed by atoms with E-state index in [4.69, 9.17) is 25.8 Å². The Kier molecular flexibility index (Phi) is 7.06. The fraction of sp³-hybridized carbons (Fsp3) is 0.318. The predicted octanol–water partition coefficient (Wildman–Crippen LogP) is 4.59. The van der Waals surface area contributed by atoms with E-state index in [-0.39, 0.29) is 18.3 Å². The number of aromatic nitrogens is 3. The lowest BCUT2D eigenvalue weighted by atomic mass is 10.2. The molecule has 3 aromatic rings. The third kappa shape index (κ3) is 5.46. The van der Waals surface area contributed by atoms with Crippen LogP contribution < -0.4 is 19.5 Å². The zero-order valence-corrected chi connectivity index (χ0v) is 19.3. The van der Waals surface area contributed by atoms with Crippen LogP contribution in [-0.2, 0) is 11.4 Å². The van der Waals surface area contributed by atoms with Crippen molar-refractivity contribution in [3.05, 3.63) is 53.3 Å². The van der Waals surface area contributed by atoms with Gasteiger partial charge in [-0.15, -0.1) is 10.2 Å². The second-order valence-corrected chi connectivity index (χ2v) is 8.51. The van der Waals surface area contributed by atoms with Crippen LogP contribution in [0.1, 0.15) is 24.7 Å². The second kappa shape index (κ2) is 10.1. The minimum Gasteiger partial charge on any atom is -0.497 e.